The Balaban J connectivity index is 2.88. The molecule has 1 aliphatic heterocycles. The number of carbonyl (C=O) groups excluding carboxylic acids is 1. The molecule has 1 amide bonds. The number of hydrogen-bond acceptors (Lipinski definition) is 5. The third kappa shape index (κ3) is 5.76. The van der Waals surface area contributed by atoms with Crippen LogP contribution in [0.15, 0.2) is 0 Å². The summed E-state index contributed by atoms with van der Waals surface area (Å²) in [7, 11) is -3.07. The van der Waals surface area contributed by atoms with Gasteiger partial charge in [-0.2, -0.15) is 0 Å². The normalized spacial score (nSPS) is 21.3. The monoisotopic (exact) mass is 348 g/mol. The maximum atomic E-state index is 12.8. The SMILES string of the molecule is CCCN(CC(=O)O)C(C)C(=O)N(CCC)C1CCS(=O)(=O)C1. The summed E-state index contributed by atoms with van der Waals surface area (Å²) < 4.78 is 23.4. The van der Waals surface area contributed by atoms with Crippen LogP contribution in [0.1, 0.15) is 40.0 Å². The number of sulfone groups is 1. The number of nitrogens with zero attached hydrogens (tertiary/aromatic N) is 2. The van der Waals surface area contributed by atoms with Crippen molar-refractivity contribution in [3.8, 4) is 0 Å². The van der Waals surface area contributed by atoms with Crippen molar-refractivity contribution in [3.63, 3.8) is 0 Å². The fourth-order valence-electron chi connectivity index (χ4n) is 3.00. The van der Waals surface area contributed by atoms with Crippen LogP contribution in [-0.2, 0) is 19.4 Å². The van der Waals surface area contributed by atoms with Crippen molar-refractivity contribution >= 4 is 21.7 Å². The maximum Gasteiger partial charge on any atom is 0.317 e. The second-order valence-corrected chi connectivity index (χ2v) is 8.36. The molecule has 1 N–H and O–H groups in total. The van der Waals surface area contributed by atoms with Gasteiger partial charge in [0, 0.05) is 12.6 Å². The third-order valence-corrected chi connectivity index (χ3v) is 5.90. The van der Waals surface area contributed by atoms with Crippen molar-refractivity contribution in [2.45, 2.75) is 52.1 Å². The number of aliphatic carboxylic acids is 1. The summed E-state index contributed by atoms with van der Waals surface area (Å²) in [6.45, 7) is 6.39. The molecule has 23 heavy (non-hydrogen) atoms. The third-order valence-electron chi connectivity index (χ3n) is 4.15. The van der Waals surface area contributed by atoms with Gasteiger partial charge in [-0.15, -0.1) is 0 Å². The standard InChI is InChI=1S/C15H28N2O5S/c1-4-7-16(10-14(18)19)12(3)15(20)17(8-5-2)13-6-9-23(21,22)11-13/h12-13H,4-11H2,1-3H3,(H,18,19). The van der Waals surface area contributed by atoms with Crippen LogP contribution in [0.3, 0.4) is 0 Å². The molecule has 0 aliphatic carbocycles. The first-order valence-corrected chi connectivity index (χ1v) is 10.0. The topological polar surface area (TPSA) is 95.0 Å². The summed E-state index contributed by atoms with van der Waals surface area (Å²) in [5.41, 5.74) is 0. The minimum atomic E-state index is -3.07. The Labute approximate surface area is 138 Å². The summed E-state index contributed by atoms with van der Waals surface area (Å²) in [6.07, 6.45) is 1.95. The van der Waals surface area contributed by atoms with Crippen molar-refractivity contribution < 1.29 is 23.1 Å². The van der Waals surface area contributed by atoms with E-state index in [0.29, 0.717) is 19.5 Å². The van der Waals surface area contributed by atoms with Crippen LogP contribution in [0.4, 0.5) is 0 Å². The lowest BCUT2D eigenvalue weighted by atomic mass is 10.1. The Morgan fingerprint density at radius 1 is 1.22 bits per heavy atom. The van der Waals surface area contributed by atoms with Crippen molar-refractivity contribution in [3.05, 3.63) is 0 Å². The van der Waals surface area contributed by atoms with Gasteiger partial charge in [0.1, 0.15) is 0 Å². The van der Waals surface area contributed by atoms with Crippen molar-refractivity contribution in [2.24, 2.45) is 0 Å². The second kappa shape index (κ2) is 8.63. The van der Waals surface area contributed by atoms with Gasteiger partial charge >= 0.3 is 5.97 Å². The van der Waals surface area contributed by atoms with E-state index in [1.807, 2.05) is 13.8 Å². The number of carboxylic acids is 1. The van der Waals surface area contributed by atoms with Crippen LogP contribution < -0.4 is 0 Å². The molecule has 1 saturated heterocycles. The Bertz CT molecular complexity index is 520. The quantitative estimate of drug-likeness (QED) is 0.655. The molecule has 134 valence electrons. The number of carbonyl (C=O) groups is 2. The lowest BCUT2D eigenvalue weighted by Crippen LogP contribution is -2.52. The molecule has 1 heterocycles. The van der Waals surface area contributed by atoms with Crippen molar-refractivity contribution in [1.29, 1.82) is 0 Å². The first-order valence-electron chi connectivity index (χ1n) is 8.18. The van der Waals surface area contributed by atoms with Gasteiger partial charge in [0.2, 0.25) is 5.91 Å². The summed E-state index contributed by atoms with van der Waals surface area (Å²) in [6, 6.07) is -0.857. The van der Waals surface area contributed by atoms with Crippen LogP contribution in [0.25, 0.3) is 0 Å². The first kappa shape index (κ1) is 19.9. The van der Waals surface area contributed by atoms with Crippen molar-refractivity contribution in [2.75, 3.05) is 31.1 Å². The molecule has 0 aromatic heterocycles. The Morgan fingerprint density at radius 3 is 2.26 bits per heavy atom. The molecular weight excluding hydrogens is 320 g/mol. The fourth-order valence-corrected chi connectivity index (χ4v) is 4.73. The molecule has 0 aromatic rings. The van der Waals surface area contributed by atoms with E-state index in [-0.39, 0.29) is 30.0 Å². The number of rotatable bonds is 9. The summed E-state index contributed by atoms with van der Waals surface area (Å²) in [5, 5.41) is 9.02. The lowest BCUT2D eigenvalue weighted by molar-refractivity contribution is -0.143. The molecule has 2 unspecified atom stereocenters. The molecule has 0 saturated carbocycles. The predicted octanol–water partition coefficient (Wildman–Crippen LogP) is 0.597. The van der Waals surface area contributed by atoms with Gasteiger partial charge in [-0.1, -0.05) is 13.8 Å². The van der Waals surface area contributed by atoms with E-state index < -0.39 is 21.8 Å². The van der Waals surface area contributed by atoms with Gasteiger partial charge in [0.05, 0.1) is 24.1 Å². The van der Waals surface area contributed by atoms with Gasteiger partial charge in [0.15, 0.2) is 9.84 Å². The van der Waals surface area contributed by atoms with E-state index in [1.165, 1.54) is 0 Å². The molecule has 8 heteroatoms. The van der Waals surface area contributed by atoms with Crippen molar-refractivity contribution in [1.82, 2.24) is 9.80 Å². The molecule has 2 atom stereocenters. The van der Waals surface area contributed by atoms with Gasteiger partial charge in [-0.05, 0) is 32.7 Å². The van der Waals surface area contributed by atoms with Crippen LogP contribution >= 0.6 is 0 Å². The van der Waals surface area contributed by atoms with Crippen LogP contribution in [0, 0.1) is 0 Å². The molecule has 0 radical (unpaired) electrons. The van der Waals surface area contributed by atoms with Crippen LogP contribution in [-0.4, -0.2) is 78.4 Å². The van der Waals surface area contributed by atoms with E-state index >= 15 is 0 Å². The zero-order valence-corrected chi connectivity index (χ0v) is 15.0. The van der Waals surface area contributed by atoms with Gasteiger partial charge < -0.3 is 10.0 Å². The van der Waals surface area contributed by atoms with E-state index in [1.54, 1.807) is 16.7 Å². The highest BCUT2D eigenvalue weighted by Gasteiger charge is 2.36. The van der Waals surface area contributed by atoms with Crippen LogP contribution in [0.2, 0.25) is 0 Å². The molecule has 0 aromatic carbocycles. The Morgan fingerprint density at radius 2 is 1.83 bits per heavy atom. The smallest absolute Gasteiger partial charge is 0.317 e. The molecule has 1 rings (SSSR count). The molecule has 7 nitrogen and oxygen atoms in total. The fraction of sp³-hybridized carbons (Fsp3) is 0.867. The maximum absolute atomic E-state index is 12.8. The molecule has 0 spiro atoms. The van der Waals surface area contributed by atoms with E-state index in [0.717, 1.165) is 12.8 Å². The van der Waals surface area contributed by atoms with E-state index in [9.17, 15) is 18.0 Å². The highest BCUT2D eigenvalue weighted by atomic mass is 32.2. The second-order valence-electron chi connectivity index (χ2n) is 6.13. The lowest BCUT2D eigenvalue weighted by Gasteiger charge is -2.34. The number of hydrogen-bond donors (Lipinski definition) is 1. The molecule has 0 bridgehead atoms. The predicted molar refractivity (Wildman–Crippen MR) is 88.0 cm³/mol. The molecular formula is C15H28N2O5S. The average Bonchev–Trinajstić information content (AvgIpc) is 2.82. The minimum absolute atomic E-state index is 0.0121. The minimum Gasteiger partial charge on any atom is -0.480 e. The number of carboxylic acid groups (broad SMARTS) is 1. The van der Waals surface area contributed by atoms with Gasteiger partial charge in [-0.25, -0.2) is 8.42 Å². The summed E-state index contributed by atoms with van der Waals surface area (Å²) >= 11 is 0. The average molecular weight is 348 g/mol. The van der Waals surface area contributed by atoms with Gasteiger partial charge in [-0.3, -0.25) is 14.5 Å². The summed E-state index contributed by atoms with van der Waals surface area (Å²) in [5.74, 6) is -1.02. The van der Waals surface area contributed by atoms with E-state index in [4.69, 9.17) is 5.11 Å². The van der Waals surface area contributed by atoms with Gasteiger partial charge in [0.25, 0.3) is 0 Å². The Hall–Kier alpha value is -1.15. The zero-order valence-electron chi connectivity index (χ0n) is 14.2. The highest BCUT2D eigenvalue weighted by molar-refractivity contribution is 7.91. The highest BCUT2D eigenvalue weighted by Crippen LogP contribution is 2.20. The van der Waals surface area contributed by atoms with Crippen LogP contribution in [0.5, 0.6) is 0 Å². The molecule has 1 aliphatic rings. The summed E-state index contributed by atoms with van der Waals surface area (Å²) in [4.78, 5) is 27.1. The molecule has 1 fully saturated rings. The first-order chi connectivity index (χ1) is 10.7. The Kier molecular flexibility index (Phi) is 7.47. The zero-order chi connectivity index (χ0) is 17.6. The van der Waals surface area contributed by atoms with E-state index in [2.05, 4.69) is 0 Å². The number of amides is 1. The largest absolute Gasteiger partial charge is 0.480 e.